The average molecular weight is 314 g/mol. The van der Waals surface area contributed by atoms with E-state index >= 15 is 0 Å². The Morgan fingerprint density at radius 1 is 1.33 bits per heavy atom. The van der Waals surface area contributed by atoms with Crippen LogP contribution in [-0.2, 0) is 26.0 Å². The monoisotopic (exact) mass is 314 g/mol. The Bertz CT molecular complexity index is 555. The van der Waals surface area contributed by atoms with Gasteiger partial charge in [0.25, 0.3) is 0 Å². The smallest absolute Gasteiger partial charge is 0.238 e. The molecule has 7 heteroatoms. The maximum Gasteiger partial charge on any atom is 0.238 e. The molecule has 21 heavy (non-hydrogen) atoms. The van der Waals surface area contributed by atoms with Crippen LogP contribution in [0.5, 0.6) is 0 Å². The summed E-state index contributed by atoms with van der Waals surface area (Å²) in [6.45, 7) is 3.02. The van der Waals surface area contributed by atoms with Crippen molar-refractivity contribution in [3.05, 3.63) is 29.8 Å². The molecule has 0 aromatic heterocycles. The number of primary sulfonamides is 1. The normalized spacial score (nSPS) is 12.9. The Morgan fingerprint density at radius 2 is 1.95 bits per heavy atom. The molecule has 1 aromatic carbocycles. The summed E-state index contributed by atoms with van der Waals surface area (Å²) in [5, 5.41) is 7.85. The van der Waals surface area contributed by atoms with Crippen molar-refractivity contribution in [1.29, 1.82) is 0 Å². The topological polar surface area (TPSA) is 98.5 Å². The van der Waals surface area contributed by atoms with E-state index in [1.165, 1.54) is 12.1 Å². The summed E-state index contributed by atoms with van der Waals surface area (Å²) in [7, 11) is -2.04. The first-order chi connectivity index (χ1) is 9.82. The van der Waals surface area contributed by atoms with Crippen molar-refractivity contribution in [3.8, 4) is 0 Å². The summed E-state index contributed by atoms with van der Waals surface area (Å²) in [5.41, 5.74) is 0.938. The van der Waals surface area contributed by atoms with Crippen LogP contribution in [0.15, 0.2) is 29.2 Å². The lowest BCUT2D eigenvalue weighted by Crippen LogP contribution is -2.27. The van der Waals surface area contributed by atoms with Crippen molar-refractivity contribution < 1.29 is 17.9 Å². The van der Waals surface area contributed by atoms with Gasteiger partial charge in [-0.15, -0.1) is 0 Å². The fourth-order valence-electron chi connectivity index (χ4n) is 1.92. The molecule has 3 N–H and O–H groups in total. The molecule has 118 valence electrons. The molecule has 0 fully saturated rings. The molecular formula is C14H22N2O4S. The Balaban J connectivity index is 2.37. The zero-order valence-corrected chi connectivity index (χ0v) is 13.2. The predicted octanol–water partition coefficient (Wildman–Crippen LogP) is 0.665. The van der Waals surface area contributed by atoms with E-state index in [1.807, 2.05) is 6.92 Å². The standard InChI is InChI=1S/C14H22N2O4S/c1-11(10-20-2)9-14(17)16-8-7-12-3-5-13(6-4-12)21(15,18)19/h3-6,11H,7-10H2,1-2H3,(H,16,17)(H2,15,18,19). The van der Waals surface area contributed by atoms with E-state index in [2.05, 4.69) is 5.32 Å². The number of carbonyl (C=O) groups is 1. The number of nitrogens with two attached hydrogens (primary N) is 1. The number of hydrogen-bond donors (Lipinski definition) is 2. The minimum Gasteiger partial charge on any atom is -0.384 e. The van der Waals surface area contributed by atoms with Crippen LogP contribution in [0.3, 0.4) is 0 Å². The van der Waals surface area contributed by atoms with E-state index in [4.69, 9.17) is 9.88 Å². The first-order valence-electron chi connectivity index (χ1n) is 6.70. The first kappa shape index (κ1) is 17.6. The average Bonchev–Trinajstić information content (AvgIpc) is 2.38. The molecule has 1 aromatic rings. The van der Waals surface area contributed by atoms with E-state index in [0.29, 0.717) is 26.0 Å². The number of nitrogens with one attached hydrogen (secondary N) is 1. The molecule has 0 heterocycles. The van der Waals surface area contributed by atoms with Gasteiger partial charge in [-0.2, -0.15) is 0 Å². The second-order valence-corrected chi connectivity index (χ2v) is 6.61. The molecule has 0 radical (unpaired) electrons. The highest BCUT2D eigenvalue weighted by Gasteiger charge is 2.09. The molecule has 0 aliphatic rings. The zero-order valence-electron chi connectivity index (χ0n) is 12.3. The second kappa shape index (κ2) is 8.11. The molecule has 1 rings (SSSR count). The van der Waals surface area contributed by atoms with Gasteiger partial charge in [0.1, 0.15) is 0 Å². The lowest BCUT2D eigenvalue weighted by Gasteiger charge is -2.10. The molecule has 6 nitrogen and oxygen atoms in total. The summed E-state index contributed by atoms with van der Waals surface area (Å²) >= 11 is 0. The van der Waals surface area contributed by atoms with Crippen LogP contribution >= 0.6 is 0 Å². The van der Waals surface area contributed by atoms with Crippen molar-refractivity contribution in [2.24, 2.45) is 11.1 Å². The number of amides is 1. The van der Waals surface area contributed by atoms with Crippen molar-refractivity contribution in [2.75, 3.05) is 20.3 Å². The van der Waals surface area contributed by atoms with Gasteiger partial charge in [-0.1, -0.05) is 19.1 Å². The molecule has 1 amide bonds. The molecule has 0 bridgehead atoms. The van der Waals surface area contributed by atoms with Crippen molar-refractivity contribution in [2.45, 2.75) is 24.7 Å². The number of methoxy groups -OCH3 is 1. The molecular weight excluding hydrogens is 292 g/mol. The van der Waals surface area contributed by atoms with Crippen LogP contribution in [0.1, 0.15) is 18.9 Å². The first-order valence-corrected chi connectivity index (χ1v) is 8.25. The minimum atomic E-state index is -3.65. The SMILES string of the molecule is COCC(C)CC(=O)NCCc1ccc(S(N)(=O)=O)cc1. The van der Waals surface area contributed by atoms with E-state index < -0.39 is 10.0 Å². The van der Waals surface area contributed by atoms with Gasteiger partial charge >= 0.3 is 0 Å². The second-order valence-electron chi connectivity index (χ2n) is 5.05. The van der Waals surface area contributed by atoms with Gasteiger partial charge in [0.05, 0.1) is 4.90 Å². The third kappa shape index (κ3) is 6.70. The summed E-state index contributed by atoms with van der Waals surface area (Å²) in [6, 6.07) is 6.32. The lowest BCUT2D eigenvalue weighted by molar-refractivity contribution is -0.122. The third-order valence-corrected chi connectivity index (χ3v) is 3.90. The highest BCUT2D eigenvalue weighted by molar-refractivity contribution is 7.89. The van der Waals surface area contributed by atoms with Crippen LogP contribution in [-0.4, -0.2) is 34.6 Å². The fourth-order valence-corrected chi connectivity index (χ4v) is 2.44. The van der Waals surface area contributed by atoms with Crippen LogP contribution in [0.2, 0.25) is 0 Å². The van der Waals surface area contributed by atoms with E-state index in [9.17, 15) is 13.2 Å². The Kier molecular flexibility index (Phi) is 6.80. The molecule has 1 atom stereocenters. The van der Waals surface area contributed by atoms with Crippen molar-refractivity contribution >= 4 is 15.9 Å². The number of ether oxygens (including phenoxy) is 1. The highest BCUT2D eigenvalue weighted by Crippen LogP contribution is 2.09. The van der Waals surface area contributed by atoms with Gasteiger partial charge in [-0.25, -0.2) is 13.6 Å². The maximum atomic E-state index is 11.6. The molecule has 0 spiro atoms. The van der Waals surface area contributed by atoms with Crippen molar-refractivity contribution in [3.63, 3.8) is 0 Å². The van der Waals surface area contributed by atoms with Gasteiger partial charge in [-0.3, -0.25) is 4.79 Å². The Hall–Kier alpha value is -1.44. The number of carbonyl (C=O) groups excluding carboxylic acids is 1. The molecule has 0 aliphatic heterocycles. The van der Waals surface area contributed by atoms with Gasteiger partial charge in [0.2, 0.25) is 15.9 Å². The Labute approximate surface area is 125 Å². The van der Waals surface area contributed by atoms with Crippen LogP contribution in [0, 0.1) is 5.92 Å². The van der Waals surface area contributed by atoms with Gasteiger partial charge in [0, 0.05) is 26.7 Å². The molecule has 0 aliphatic carbocycles. The van der Waals surface area contributed by atoms with Crippen LogP contribution in [0.4, 0.5) is 0 Å². The molecule has 1 unspecified atom stereocenters. The highest BCUT2D eigenvalue weighted by atomic mass is 32.2. The van der Waals surface area contributed by atoms with E-state index in [-0.39, 0.29) is 16.7 Å². The predicted molar refractivity (Wildman–Crippen MR) is 80.2 cm³/mol. The summed E-state index contributed by atoms with van der Waals surface area (Å²) in [4.78, 5) is 11.7. The van der Waals surface area contributed by atoms with E-state index in [1.54, 1.807) is 19.2 Å². The van der Waals surface area contributed by atoms with Gasteiger partial charge in [0.15, 0.2) is 0 Å². The van der Waals surface area contributed by atoms with Crippen molar-refractivity contribution in [1.82, 2.24) is 5.32 Å². The van der Waals surface area contributed by atoms with E-state index in [0.717, 1.165) is 5.56 Å². The quantitative estimate of drug-likeness (QED) is 0.736. The van der Waals surface area contributed by atoms with Crippen LogP contribution in [0.25, 0.3) is 0 Å². The Morgan fingerprint density at radius 3 is 2.48 bits per heavy atom. The molecule has 0 saturated carbocycles. The fraction of sp³-hybridized carbons (Fsp3) is 0.500. The number of sulfonamides is 1. The summed E-state index contributed by atoms with van der Waals surface area (Å²) in [5.74, 6) is 0.171. The minimum absolute atomic E-state index is 0.0132. The molecule has 0 saturated heterocycles. The largest absolute Gasteiger partial charge is 0.384 e. The summed E-state index contributed by atoms with van der Waals surface area (Å²) in [6.07, 6.45) is 1.06. The number of hydrogen-bond acceptors (Lipinski definition) is 4. The third-order valence-electron chi connectivity index (χ3n) is 2.97. The zero-order chi connectivity index (χ0) is 15.9. The van der Waals surface area contributed by atoms with Gasteiger partial charge < -0.3 is 10.1 Å². The van der Waals surface area contributed by atoms with Crippen LogP contribution < -0.4 is 10.5 Å². The van der Waals surface area contributed by atoms with Gasteiger partial charge in [-0.05, 0) is 30.0 Å². The number of rotatable bonds is 8. The lowest BCUT2D eigenvalue weighted by atomic mass is 10.1. The maximum absolute atomic E-state index is 11.6. The number of benzene rings is 1. The summed E-state index contributed by atoms with van der Waals surface area (Å²) < 4.78 is 27.2.